The number of rotatable bonds is 3. The molecule has 17 heavy (non-hydrogen) atoms. The molecule has 0 aliphatic heterocycles. The van der Waals surface area contributed by atoms with Crippen LogP contribution in [0.4, 0.5) is 0 Å². The van der Waals surface area contributed by atoms with E-state index < -0.39 is 11.4 Å². The van der Waals surface area contributed by atoms with Crippen LogP contribution in [0.15, 0.2) is 12.5 Å². The number of carboxylic acids is 1. The molecule has 94 valence electrons. The molecule has 1 heterocycles. The number of imidazole rings is 1. The molecule has 1 saturated carbocycles. The van der Waals surface area contributed by atoms with E-state index in [4.69, 9.17) is 0 Å². The van der Waals surface area contributed by atoms with Gasteiger partial charge in [0.05, 0.1) is 18.1 Å². The lowest BCUT2D eigenvalue weighted by molar-refractivity contribution is -0.146. The van der Waals surface area contributed by atoms with Crippen molar-refractivity contribution < 1.29 is 15.0 Å². The van der Waals surface area contributed by atoms with Crippen molar-refractivity contribution in [1.82, 2.24) is 9.55 Å². The number of hydrogen-bond acceptors (Lipinski definition) is 3. The Morgan fingerprint density at radius 1 is 1.59 bits per heavy atom. The van der Waals surface area contributed by atoms with Gasteiger partial charge in [-0.05, 0) is 32.6 Å². The Labute approximate surface area is 100 Å². The van der Waals surface area contributed by atoms with Crippen LogP contribution in [-0.4, -0.2) is 31.8 Å². The number of aromatic nitrogens is 2. The molecule has 1 aliphatic carbocycles. The lowest BCUT2D eigenvalue weighted by atomic mass is 9.71. The summed E-state index contributed by atoms with van der Waals surface area (Å²) in [5, 5.41) is 19.1. The number of hydrogen-bond donors (Lipinski definition) is 2. The Bertz CT molecular complexity index is 406. The average molecular weight is 238 g/mol. The largest absolute Gasteiger partial charge is 0.481 e. The summed E-state index contributed by atoms with van der Waals surface area (Å²) >= 11 is 0. The van der Waals surface area contributed by atoms with Crippen molar-refractivity contribution in [2.45, 2.75) is 50.7 Å². The van der Waals surface area contributed by atoms with E-state index in [2.05, 4.69) is 4.98 Å². The average Bonchev–Trinajstić information content (AvgIpc) is 2.78. The molecule has 1 aromatic rings. The minimum Gasteiger partial charge on any atom is -0.481 e. The summed E-state index contributed by atoms with van der Waals surface area (Å²) in [4.78, 5) is 15.7. The molecule has 0 aromatic carbocycles. The number of aryl methyl sites for hydroxylation is 1. The van der Waals surface area contributed by atoms with Crippen LogP contribution in [0.25, 0.3) is 0 Å². The third kappa shape index (κ3) is 1.95. The maximum atomic E-state index is 11.6. The predicted molar refractivity (Wildman–Crippen MR) is 61.7 cm³/mol. The second-order valence-corrected chi connectivity index (χ2v) is 4.68. The minimum atomic E-state index is -0.869. The topological polar surface area (TPSA) is 75.4 Å². The molecule has 1 aliphatic rings. The lowest BCUT2D eigenvalue weighted by Gasteiger charge is -2.35. The van der Waals surface area contributed by atoms with Gasteiger partial charge in [0.2, 0.25) is 0 Å². The van der Waals surface area contributed by atoms with E-state index >= 15 is 0 Å². The summed E-state index contributed by atoms with van der Waals surface area (Å²) in [7, 11) is 0. The zero-order chi connectivity index (χ0) is 12.5. The fourth-order valence-electron chi connectivity index (χ4n) is 2.65. The van der Waals surface area contributed by atoms with Crippen LogP contribution < -0.4 is 0 Å². The lowest BCUT2D eigenvalue weighted by Crippen LogP contribution is -2.42. The van der Waals surface area contributed by atoms with Crippen molar-refractivity contribution in [3.8, 4) is 0 Å². The van der Waals surface area contributed by atoms with Gasteiger partial charge in [-0.3, -0.25) is 4.79 Å². The van der Waals surface area contributed by atoms with E-state index in [1.54, 1.807) is 12.5 Å². The molecule has 0 amide bonds. The van der Waals surface area contributed by atoms with Gasteiger partial charge >= 0.3 is 5.97 Å². The second kappa shape index (κ2) is 4.49. The third-order valence-corrected chi connectivity index (χ3v) is 3.76. The first-order valence-corrected chi connectivity index (χ1v) is 6.02. The van der Waals surface area contributed by atoms with Crippen molar-refractivity contribution in [3.05, 3.63) is 18.2 Å². The van der Waals surface area contributed by atoms with Gasteiger partial charge in [-0.15, -0.1) is 0 Å². The van der Waals surface area contributed by atoms with Gasteiger partial charge in [0.25, 0.3) is 0 Å². The molecule has 2 rings (SSSR count). The zero-order valence-corrected chi connectivity index (χ0v) is 9.96. The fraction of sp³-hybridized carbons (Fsp3) is 0.667. The predicted octanol–water partition coefficient (Wildman–Crippen LogP) is 1.16. The molecule has 0 bridgehead atoms. The van der Waals surface area contributed by atoms with Gasteiger partial charge in [-0.1, -0.05) is 0 Å². The smallest absolute Gasteiger partial charge is 0.315 e. The maximum absolute atomic E-state index is 11.6. The number of aliphatic hydroxyl groups is 1. The zero-order valence-electron chi connectivity index (χ0n) is 9.96. The summed E-state index contributed by atoms with van der Waals surface area (Å²) in [6, 6.07) is 0. The summed E-state index contributed by atoms with van der Waals surface area (Å²) in [5.41, 5.74) is -0.106. The molecule has 0 radical (unpaired) electrons. The van der Waals surface area contributed by atoms with Crippen molar-refractivity contribution in [2.75, 3.05) is 0 Å². The minimum absolute atomic E-state index is 0.361. The Balaban J connectivity index is 2.38. The van der Waals surface area contributed by atoms with Gasteiger partial charge in [0.1, 0.15) is 5.41 Å². The summed E-state index contributed by atoms with van der Waals surface area (Å²) in [6.07, 6.45) is 5.01. The van der Waals surface area contributed by atoms with Crippen molar-refractivity contribution in [3.63, 3.8) is 0 Å². The van der Waals surface area contributed by atoms with Gasteiger partial charge in [0, 0.05) is 12.7 Å². The van der Waals surface area contributed by atoms with E-state index in [0.717, 1.165) is 5.69 Å². The van der Waals surface area contributed by atoms with Gasteiger partial charge in [-0.25, -0.2) is 4.98 Å². The van der Waals surface area contributed by atoms with E-state index in [0.29, 0.717) is 32.2 Å². The Morgan fingerprint density at radius 2 is 2.24 bits per heavy atom. The van der Waals surface area contributed by atoms with Gasteiger partial charge in [-0.2, -0.15) is 0 Å². The second-order valence-electron chi connectivity index (χ2n) is 4.68. The van der Waals surface area contributed by atoms with Crippen LogP contribution in [0, 0.1) is 0 Å². The van der Waals surface area contributed by atoms with E-state index in [9.17, 15) is 15.0 Å². The SMILES string of the molecule is CCn1cncc1C1(C(=O)O)CCC(O)CC1. The van der Waals surface area contributed by atoms with E-state index in [1.165, 1.54) is 0 Å². The summed E-state index contributed by atoms with van der Waals surface area (Å²) < 4.78 is 1.88. The Hall–Kier alpha value is -1.36. The first-order valence-electron chi connectivity index (χ1n) is 6.02. The molecule has 0 unspecified atom stereocenters. The van der Waals surface area contributed by atoms with Crippen molar-refractivity contribution in [1.29, 1.82) is 0 Å². The summed E-state index contributed by atoms with van der Waals surface area (Å²) in [5.74, 6) is -0.806. The third-order valence-electron chi connectivity index (χ3n) is 3.76. The highest BCUT2D eigenvalue weighted by atomic mass is 16.4. The highest BCUT2D eigenvalue weighted by Crippen LogP contribution is 2.39. The Morgan fingerprint density at radius 3 is 2.76 bits per heavy atom. The standard InChI is InChI=1S/C12H18N2O3/c1-2-14-8-13-7-10(14)12(11(16)17)5-3-9(15)4-6-12/h7-9,15H,2-6H2,1H3,(H,16,17). The molecule has 1 aromatic heterocycles. The quantitative estimate of drug-likeness (QED) is 0.828. The monoisotopic (exact) mass is 238 g/mol. The number of nitrogens with zero attached hydrogens (tertiary/aromatic N) is 2. The molecule has 0 spiro atoms. The van der Waals surface area contributed by atoms with Crippen LogP contribution in [0.1, 0.15) is 38.3 Å². The number of carbonyl (C=O) groups is 1. The molecule has 5 heteroatoms. The van der Waals surface area contributed by atoms with Crippen molar-refractivity contribution in [2.24, 2.45) is 0 Å². The molecule has 5 nitrogen and oxygen atoms in total. The highest BCUT2D eigenvalue weighted by Gasteiger charge is 2.45. The molecule has 1 fully saturated rings. The van der Waals surface area contributed by atoms with Crippen LogP contribution in [0.3, 0.4) is 0 Å². The van der Waals surface area contributed by atoms with Crippen LogP contribution >= 0.6 is 0 Å². The number of aliphatic carboxylic acids is 1. The molecular weight excluding hydrogens is 220 g/mol. The first kappa shape index (κ1) is 12.1. The molecular formula is C12H18N2O3. The van der Waals surface area contributed by atoms with E-state index in [-0.39, 0.29) is 6.10 Å². The van der Waals surface area contributed by atoms with Gasteiger partial charge in [0.15, 0.2) is 0 Å². The van der Waals surface area contributed by atoms with Crippen LogP contribution in [0.5, 0.6) is 0 Å². The normalized spacial score (nSPS) is 29.2. The fourth-order valence-corrected chi connectivity index (χ4v) is 2.65. The summed E-state index contributed by atoms with van der Waals surface area (Å²) in [6.45, 7) is 2.69. The van der Waals surface area contributed by atoms with Crippen LogP contribution in [-0.2, 0) is 16.8 Å². The van der Waals surface area contributed by atoms with Crippen LogP contribution in [0.2, 0.25) is 0 Å². The maximum Gasteiger partial charge on any atom is 0.315 e. The Kier molecular flexibility index (Phi) is 3.19. The van der Waals surface area contributed by atoms with Gasteiger partial charge < -0.3 is 14.8 Å². The first-order chi connectivity index (χ1) is 8.10. The van der Waals surface area contributed by atoms with E-state index in [1.807, 2.05) is 11.5 Å². The number of aliphatic hydroxyl groups excluding tert-OH is 1. The highest BCUT2D eigenvalue weighted by molar-refractivity contribution is 5.80. The molecule has 0 saturated heterocycles. The number of carboxylic acid groups (broad SMARTS) is 1. The van der Waals surface area contributed by atoms with Crippen molar-refractivity contribution >= 4 is 5.97 Å². The molecule has 0 atom stereocenters. The molecule has 2 N–H and O–H groups in total.